The summed E-state index contributed by atoms with van der Waals surface area (Å²) in [5, 5.41) is 4.78. The van der Waals surface area contributed by atoms with Crippen LogP contribution in [0.3, 0.4) is 0 Å². The van der Waals surface area contributed by atoms with Gasteiger partial charge in [0.1, 0.15) is 6.61 Å². The Morgan fingerprint density at radius 3 is 2.50 bits per heavy atom. The first-order valence-corrected chi connectivity index (χ1v) is 10.5. The van der Waals surface area contributed by atoms with Crippen molar-refractivity contribution >= 4 is 56.4 Å². The highest BCUT2D eigenvalue weighted by Gasteiger charge is 2.32. The van der Waals surface area contributed by atoms with E-state index in [4.69, 9.17) is 4.74 Å². The maximum absolute atomic E-state index is 12.4. The van der Waals surface area contributed by atoms with Crippen molar-refractivity contribution in [2.45, 2.75) is 12.5 Å². The van der Waals surface area contributed by atoms with E-state index in [1.54, 1.807) is 15.9 Å². The molecule has 3 heterocycles. The van der Waals surface area contributed by atoms with Crippen molar-refractivity contribution in [2.24, 2.45) is 0 Å². The largest absolute Gasteiger partial charge is 0.370 e. The van der Waals surface area contributed by atoms with Crippen molar-refractivity contribution in [3.63, 3.8) is 0 Å². The highest BCUT2D eigenvalue weighted by molar-refractivity contribution is 9.10. The van der Waals surface area contributed by atoms with E-state index in [9.17, 15) is 14.4 Å². The number of anilines is 2. The topological polar surface area (TPSA) is 79.0 Å². The van der Waals surface area contributed by atoms with Crippen molar-refractivity contribution in [3.8, 4) is 0 Å². The van der Waals surface area contributed by atoms with Gasteiger partial charge in [0, 0.05) is 40.7 Å². The van der Waals surface area contributed by atoms with Crippen molar-refractivity contribution in [2.75, 3.05) is 36.1 Å². The molecular formula is C19H18BrN3O4S. The number of carbonyl (C=O) groups excluding carboxylic acids is 3. The highest BCUT2D eigenvalue weighted by atomic mass is 79.9. The minimum Gasteiger partial charge on any atom is -0.370 e. The number of hydrogen-bond donors (Lipinski definition) is 1. The number of thiophene rings is 1. The van der Waals surface area contributed by atoms with Crippen molar-refractivity contribution in [1.82, 2.24) is 5.32 Å². The van der Waals surface area contributed by atoms with Gasteiger partial charge in [0.25, 0.3) is 11.8 Å². The molecule has 0 radical (unpaired) electrons. The molecule has 4 rings (SSSR count). The molecule has 2 aliphatic rings. The summed E-state index contributed by atoms with van der Waals surface area (Å²) in [7, 11) is 0. The molecule has 0 saturated carbocycles. The van der Waals surface area contributed by atoms with E-state index in [0.29, 0.717) is 24.6 Å². The summed E-state index contributed by atoms with van der Waals surface area (Å²) in [5.74, 6) is -0.274. The molecule has 3 amide bonds. The quantitative estimate of drug-likeness (QED) is 0.754. The molecular weight excluding hydrogens is 446 g/mol. The van der Waals surface area contributed by atoms with Gasteiger partial charge in [0.05, 0.1) is 17.5 Å². The summed E-state index contributed by atoms with van der Waals surface area (Å²) in [6.07, 6.45) is 0.266. The first kappa shape index (κ1) is 19.1. The number of amides is 3. The zero-order chi connectivity index (χ0) is 19.7. The molecule has 0 aliphatic carbocycles. The molecule has 9 heteroatoms. The summed E-state index contributed by atoms with van der Waals surface area (Å²) in [6.45, 7) is 1.55. The van der Waals surface area contributed by atoms with Crippen LogP contribution < -0.4 is 15.1 Å². The number of halogens is 1. The fourth-order valence-electron chi connectivity index (χ4n) is 3.35. The number of benzene rings is 1. The minimum atomic E-state index is -0.235. The van der Waals surface area contributed by atoms with Crippen LogP contribution in [0.15, 0.2) is 40.2 Å². The van der Waals surface area contributed by atoms with Gasteiger partial charge in [-0.2, -0.15) is 0 Å². The maximum Gasteiger partial charge on any atom is 0.261 e. The van der Waals surface area contributed by atoms with Crippen LogP contribution in [-0.4, -0.2) is 50.1 Å². The lowest BCUT2D eigenvalue weighted by molar-refractivity contribution is -0.125. The SMILES string of the molecule is O=C(NC1CC(=O)N(c2ccc(N3CCOCC3=O)cc2)C1)c1cc(Br)cs1. The van der Waals surface area contributed by atoms with Crippen molar-refractivity contribution in [1.29, 1.82) is 0 Å². The van der Waals surface area contributed by atoms with Gasteiger partial charge in [0.2, 0.25) is 5.91 Å². The van der Waals surface area contributed by atoms with Crippen LogP contribution in [0, 0.1) is 0 Å². The Balaban J connectivity index is 1.41. The van der Waals surface area contributed by atoms with E-state index in [2.05, 4.69) is 21.2 Å². The molecule has 28 heavy (non-hydrogen) atoms. The third-order valence-electron chi connectivity index (χ3n) is 4.71. The molecule has 1 unspecified atom stereocenters. The van der Waals surface area contributed by atoms with Crippen LogP contribution in [0.25, 0.3) is 0 Å². The van der Waals surface area contributed by atoms with Gasteiger partial charge in [-0.25, -0.2) is 0 Å². The highest BCUT2D eigenvalue weighted by Crippen LogP contribution is 2.26. The van der Waals surface area contributed by atoms with Gasteiger partial charge in [0.15, 0.2) is 0 Å². The van der Waals surface area contributed by atoms with Gasteiger partial charge in [-0.15, -0.1) is 11.3 Å². The van der Waals surface area contributed by atoms with Gasteiger partial charge in [-0.05, 0) is 46.3 Å². The van der Waals surface area contributed by atoms with E-state index in [1.807, 2.05) is 29.6 Å². The van der Waals surface area contributed by atoms with E-state index in [-0.39, 0.29) is 36.8 Å². The first-order chi connectivity index (χ1) is 13.5. The lowest BCUT2D eigenvalue weighted by Crippen LogP contribution is -2.41. The Hall–Kier alpha value is -2.23. The van der Waals surface area contributed by atoms with Crippen LogP contribution in [0.1, 0.15) is 16.1 Å². The Kier molecular flexibility index (Phi) is 5.47. The molecule has 146 valence electrons. The van der Waals surface area contributed by atoms with Crippen molar-refractivity contribution in [3.05, 3.63) is 45.1 Å². The molecule has 0 bridgehead atoms. The first-order valence-electron chi connectivity index (χ1n) is 8.85. The standard InChI is InChI=1S/C19H18BrN3O4S/c20-12-7-16(28-11-12)19(26)21-13-8-17(24)23(9-13)15-3-1-14(2-4-15)22-5-6-27-10-18(22)25/h1-4,7,11,13H,5-6,8-10H2,(H,21,26). The maximum atomic E-state index is 12.4. The smallest absolute Gasteiger partial charge is 0.261 e. The van der Waals surface area contributed by atoms with E-state index < -0.39 is 0 Å². The predicted octanol–water partition coefficient (Wildman–Crippen LogP) is 2.41. The normalized spacial score (nSPS) is 20.0. The van der Waals surface area contributed by atoms with Crippen LogP contribution in [0.5, 0.6) is 0 Å². The Morgan fingerprint density at radius 2 is 1.86 bits per heavy atom. The zero-order valence-corrected chi connectivity index (χ0v) is 17.3. The second-order valence-electron chi connectivity index (χ2n) is 6.62. The Labute approximate surface area is 174 Å². The van der Waals surface area contributed by atoms with Gasteiger partial charge >= 0.3 is 0 Å². The minimum absolute atomic E-state index is 0.0344. The average Bonchev–Trinajstić information content (AvgIpc) is 3.28. The molecule has 2 fully saturated rings. The lowest BCUT2D eigenvalue weighted by atomic mass is 10.2. The number of carbonyl (C=O) groups is 3. The molecule has 1 atom stereocenters. The van der Waals surface area contributed by atoms with Gasteiger partial charge in [-0.3, -0.25) is 14.4 Å². The average molecular weight is 464 g/mol. The molecule has 1 aromatic carbocycles. The fourth-order valence-corrected chi connectivity index (χ4v) is 4.68. The second-order valence-corrected chi connectivity index (χ2v) is 8.45. The number of rotatable bonds is 4. The molecule has 2 aromatic rings. The van der Waals surface area contributed by atoms with Crippen LogP contribution >= 0.6 is 27.3 Å². The monoisotopic (exact) mass is 463 g/mol. The van der Waals surface area contributed by atoms with Gasteiger partial charge < -0.3 is 19.9 Å². The number of nitrogens with zero attached hydrogens (tertiary/aromatic N) is 2. The molecule has 1 N–H and O–H groups in total. The summed E-state index contributed by atoms with van der Waals surface area (Å²) < 4.78 is 6.02. The summed E-state index contributed by atoms with van der Waals surface area (Å²) in [6, 6.07) is 8.86. The third-order valence-corrected chi connectivity index (χ3v) is 6.40. The van der Waals surface area contributed by atoms with Crippen LogP contribution in [0.4, 0.5) is 11.4 Å². The van der Waals surface area contributed by atoms with Gasteiger partial charge in [-0.1, -0.05) is 0 Å². The fraction of sp³-hybridized carbons (Fsp3) is 0.316. The number of morpholine rings is 1. The molecule has 2 saturated heterocycles. The number of hydrogen-bond acceptors (Lipinski definition) is 5. The number of ether oxygens (including phenoxy) is 1. The van der Waals surface area contributed by atoms with E-state index in [1.165, 1.54) is 11.3 Å². The summed E-state index contributed by atoms with van der Waals surface area (Å²) in [5.41, 5.74) is 1.54. The Morgan fingerprint density at radius 1 is 1.14 bits per heavy atom. The summed E-state index contributed by atoms with van der Waals surface area (Å²) in [4.78, 5) is 40.7. The second kappa shape index (κ2) is 8.02. The molecule has 1 aromatic heterocycles. The molecule has 0 spiro atoms. The molecule has 7 nitrogen and oxygen atoms in total. The summed E-state index contributed by atoms with van der Waals surface area (Å²) >= 11 is 4.69. The zero-order valence-electron chi connectivity index (χ0n) is 14.9. The van der Waals surface area contributed by atoms with E-state index >= 15 is 0 Å². The Bertz CT molecular complexity index is 914. The number of nitrogens with one attached hydrogen (secondary N) is 1. The lowest BCUT2D eigenvalue weighted by Gasteiger charge is -2.27. The van der Waals surface area contributed by atoms with E-state index in [0.717, 1.165) is 15.8 Å². The van der Waals surface area contributed by atoms with Crippen LogP contribution in [0.2, 0.25) is 0 Å². The van der Waals surface area contributed by atoms with Crippen LogP contribution in [-0.2, 0) is 14.3 Å². The predicted molar refractivity (Wildman–Crippen MR) is 110 cm³/mol. The van der Waals surface area contributed by atoms with Crippen molar-refractivity contribution < 1.29 is 19.1 Å². The third kappa shape index (κ3) is 3.96. The molecule has 2 aliphatic heterocycles.